The van der Waals surface area contributed by atoms with Gasteiger partial charge in [0.05, 0.1) is 0 Å². The molecule has 1 aromatic rings. The Balaban J connectivity index is 2.44. The van der Waals surface area contributed by atoms with Gasteiger partial charge < -0.3 is 0 Å². The predicted molar refractivity (Wildman–Crippen MR) is 102 cm³/mol. The number of hydrogen-bond donors (Lipinski definition) is 0. The van der Waals surface area contributed by atoms with E-state index >= 15 is 0 Å². The molecule has 1 aliphatic rings. The van der Waals surface area contributed by atoms with Crippen LogP contribution in [0.2, 0.25) is 14.8 Å². The summed E-state index contributed by atoms with van der Waals surface area (Å²) in [5.41, 5.74) is 0. The summed E-state index contributed by atoms with van der Waals surface area (Å²) < 4.78 is 33.9. The van der Waals surface area contributed by atoms with Crippen LogP contribution in [-0.4, -0.2) is 62.4 Å². The van der Waals surface area contributed by atoms with Gasteiger partial charge in [-0.3, -0.25) is 0 Å². The summed E-state index contributed by atoms with van der Waals surface area (Å²) in [6.07, 6.45) is 0.673. The van der Waals surface area contributed by atoms with Gasteiger partial charge >= 0.3 is 152 Å². The summed E-state index contributed by atoms with van der Waals surface area (Å²) in [7, 11) is -3.45. The standard InChI is InChI=1S/C15H22NO3S.3CH3.Sn/c1-4-10-16-11-12(2)19-13(3)15(16)20(17,18)14-8-6-5-7-9-14;;;;/h5-6,8-9,12-13,15H,4,10-11H2,1-3H3;3*1H3;/t12-,13+,15?;;;;/m1..../s1. The molecule has 0 spiro atoms. The zero-order chi connectivity index (χ0) is 18.1. The van der Waals surface area contributed by atoms with Gasteiger partial charge in [-0.05, 0) is 0 Å². The van der Waals surface area contributed by atoms with Crippen molar-refractivity contribution in [1.82, 2.24) is 4.90 Å². The fourth-order valence-corrected chi connectivity index (χ4v) is 9.11. The van der Waals surface area contributed by atoms with Crippen LogP contribution in [0.1, 0.15) is 27.2 Å². The van der Waals surface area contributed by atoms with Crippen molar-refractivity contribution in [3.8, 4) is 0 Å². The van der Waals surface area contributed by atoms with Gasteiger partial charge in [-0.15, -0.1) is 0 Å². The predicted octanol–water partition coefficient (Wildman–Crippen LogP) is 2.85. The molecule has 1 aromatic carbocycles. The van der Waals surface area contributed by atoms with Crippen LogP contribution in [0.4, 0.5) is 0 Å². The Kier molecular flexibility index (Phi) is 6.43. The van der Waals surface area contributed by atoms with Crippen molar-refractivity contribution in [2.45, 2.75) is 64.5 Å². The quantitative estimate of drug-likeness (QED) is 0.635. The second-order valence-electron chi connectivity index (χ2n) is 7.86. The van der Waals surface area contributed by atoms with E-state index in [2.05, 4.69) is 32.7 Å². The molecule has 0 N–H and O–H groups in total. The number of rotatable bonds is 5. The first kappa shape index (κ1) is 20.2. The van der Waals surface area contributed by atoms with Gasteiger partial charge in [0, 0.05) is 0 Å². The van der Waals surface area contributed by atoms with Crippen LogP contribution in [-0.2, 0) is 14.6 Å². The minimum absolute atomic E-state index is 0.0649. The third kappa shape index (κ3) is 4.34. The zero-order valence-corrected chi connectivity index (χ0v) is 19.4. The third-order valence-corrected chi connectivity index (χ3v) is 12.6. The van der Waals surface area contributed by atoms with Gasteiger partial charge in [-0.1, -0.05) is 0 Å². The van der Waals surface area contributed by atoms with E-state index in [1.807, 2.05) is 26.0 Å². The van der Waals surface area contributed by atoms with Gasteiger partial charge in [0.15, 0.2) is 0 Å². The molecule has 1 heterocycles. The molecular formula is C18H31NO3SSn. The molecule has 1 saturated heterocycles. The Bertz CT molecular complexity index is 669. The van der Waals surface area contributed by atoms with Crippen LogP contribution in [0.15, 0.2) is 29.2 Å². The Morgan fingerprint density at radius 3 is 2.50 bits per heavy atom. The molecular weight excluding hydrogens is 429 g/mol. The molecule has 0 bridgehead atoms. The van der Waals surface area contributed by atoms with Crippen LogP contribution in [0, 0.1) is 0 Å². The molecule has 1 fully saturated rings. The van der Waals surface area contributed by atoms with Gasteiger partial charge in [0.2, 0.25) is 0 Å². The van der Waals surface area contributed by atoms with Crippen molar-refractivity contribution in [1.29, 1.82) is 0 Å². The van der Waals surface area contributed by atoms with Crippen molar-refractivity contribution in [3.63, 3.8) is 0 Å². The van der Waals surface area contributed by atoms with Crippen LogP contribution in [0.5, 0.6) is 0 Å². The Labute approximate surface area is 151 Å². The SMILES string of the molecule is CCCN1C[C@@H](C)O[C@@H](C)C1S(=O)(=O)c1ccc[c]([Sn]([CH3])([CH3])[CH3])c1. The molecule has 136 valence electrons. The van der Waals surface area contributed by atoms with Crippen LogP contribution in [0.3, 0.4) is 0 Å². The number of morpholine rings is 1. The van der Waals surface area contributed by atoms with Gasteiger partial charge in [0.25, 0.3) is 0 Å². The third-order valence-electron chi connectivity index (χ3n) is 4.56. The molecule has 24 heavy (non-hydrogen) atoms. The number of hydrogen-bond acceptors (Lipinski definition) is 4. The molecule has 3 atom stereocenters. The molecule has 1 aliphatic heterocycles. The monoisotopic (exact) mass is 461 g/mol. The maximum atomic E-state index is 13.4. The summed E-state index contributed by atoms with van der Waals surface area (Å²) in [5, 5.41) is -0.598. The van der Waals surface area contributed by atoms with E-state index in [-0.39, 0.29) is 12.2 Å². The van der Waals surface area contributed by atoms with E-state index < -0.39 is 33.6 Å². The summed E-state index contributed by atoms with van der Waals surface area (Å²) in [6, 6.07) is 7.64. The van der Waals surface area contributed by atoms with E-state index in [1.165, 1.54) is 3.58 Å². The summed E-state index contributed by atoms with van der Waals surface area (Å²) in [6.45, 7) is 7.42. The fourth-order valence-electron chi connectivity index (χ4n) is 3.44. The average molecular weight is 460 g/mol. The molecule has 0 aliphatic carbocycles. The van der Waals surface area contributed by atoms with Gasteiger partial charge in [0.1, 0.15) is 0 Å². The first-order valence-corrected chi connectivity index (χ1v) is 20.3. The number of nitrogens with zero attached hydrogens (tertiary/aromatic N) is 1. The number of ether oxygens (including phenoxy) is 1. The zero-order valence-electron chi connectivity index (χ0n) is 15.7. The molecule has 0 radical (unpaired) electrons. The second kappa shape index (κ2) is 7.64. The molecule has 4 nitrogen and oxygen atoms in total. The van der Waals surface area contributed by atoms with Crippen LogP contribution in [0.25, 0.3) is 0 Å². The summed E-state index contributed by atoms with van der Waals surface area (Å²) >= 11 is -2.32. The van der Waals surface area contributed by atoms with Gasteiger partial charge in [-0.25, -0.2) is 0 Å². The van der Waals surface area contributed by atoms with Crippen molar-refractivity contribution in [3.05, 3.63) is 24.3 Å². The van der Waals surface area contributed by atoms with Crippen LogP contribution < -0.4 is 3.58 Å². The molecule has 0 saturated carbocycles. The topological polar surface area (TPSA) is 46.6 Å². The first-order valence-electron chi connectivity index (χ1n) is 8.81. The molecule has 0 aromatic heterocycles. The van der Waals surface area contributed by atoms with E-state index in [0.717, 1.165) is 13.0 Å². The summed E-state index contributed by atoms with van der Waals surface area (Å²) in [4.78, 5) is 9.44. The van der Waals surface area contributed by atoms with E-state index in [4.69, 9.17) is 4.74 Å². The Morgan fingerprint density at radius 1 is 1.25 bits per heavy atom. The number of benzene rings is 1. The fraction of sp³-hybridized carbons (Fsp3) is 0.667. The normalized spacial score (nSPS) is 26.5. The first-order chi connectivity index (χ1) is 11.1. The molecule has 1 unspecified atom stereocenters. The number of sulfone groups is 1. The van der Waals surface area contributed by atoms with Crippen molar-refractivity contribution in [2.24, 2.45) is 0 Å². The van der Waals surface area contributed by atoms with Crippen LogP contribution >= 0.6 is 0 Å². The van der Waals surface area contributed by atoms with Crippen molar-refractivity contribution >= 4 is 31.8 Å². The Morgan fingerprint density at radius 2 is 1.92 bits per heavy atom. The average Bonchev–Trinajstić information content (AvgIpc) is 2.45. The molecule has 6 heteroatoms. The molecule has 2 rings (SSSR count). The maximum absolute atomic E-state index is 13.4. The van der Waals surface area contributed by atoms with Crippen molar-refractivity contribution < 1.29 is 13.2 Å². The Hall–Kier alpha value is -0.111. The van der Waals surface area contributed by atoms with Crippen molar-refractivity contribution in [2.75, 3.05) is 13.1 Å². The molecule has 0 amide bonds. The van der Waals surface area contributed by atoms with E-state index in [0.29, 0.717) is 11.4 Å². The summed E-state index contributed by atoms with van der Waals surface area (Å²) in [5.74, 6) is 0. The minimum atomic E-state index is -3.45. The van der Waals surface area contributed by atoms with E-state index in [9.17, 15) is 8.42 Å². The second-order valence-corrected chi connectivity index (χ2v) is 24.4. The van der Waals surface area contributed by atoms with E-state index in [1.54, 1.807) is 6.07 Å². The van der Waals surface area contributed by atoms with Gasteiger partial charge in [-0.2, -0.15) is 0 Å².